The van der Waals surface area contributed by atoms with Crippen molar-refractivity contribution in [1.82, 2.24) is 24.1 Å². The quantitative estimate of drug-likeness (QED) is 0.347. The fourth-order valence-electron chi connectivity index (χ4n) is 4.79. The number of hydrogen-bond donors (Lipinski definition) is 0. The molecule has 32 heavy (non-hydrogen) atoms. The van der Waals surface area contributed by atoms with Crippen LogP contribution >= 0.6 is 0 Å². The molecule has 7 rings (SSSR count). The number of para-hydroxylation sites is 2. The van der Waals surface area contributed by atoms with Crippen molar-refractivity contribution in [3.05, 3.63) is 104 Å². The van der Waals surface area contributed by atoms with E-state index in [1.165, 1.54) is 21.5 Å². The monoisotopic (exact) mass is 411 g/mol. The first-order valence-corrected chi connectivity index (χ1v) is 10.5. The first-order valence-electron chi connectivity index (χ1n) is 10.5. The van der Waals surface area contributed by atoms with Crippen molar-refractivity contribution >= 4 is 43.6 Å². The largest absolute Gasteiger partial charge is 0.292 e. The number of fused-ring (bicyclic) bond motifs is 6. The Labute approximate surface area is 183 Å². The maximum absolute atomic E-state index is 5.13. The van der Waals surface area contributed by atoms with Crippen LogP contribution in [0.1, 0.15) is 0 Å². The molecule has 0 saturated heterocycles. The van der Waals surface area contributed by atoms with Gasteiger partial charge in [0.1, 0.15) is 11.6 Å². The minimum absolute atomic E-state index is 0.858. The molecule has 0 fully saturated rings. The summed E-state index contributed by atoms with van der Waals surface area (Å²) in [6.07, 6.45) is 7.50. The van der Waals surface area contributed by atoms with Gasteiger partial charge in [-0.1, -0.05) is 42.5 Å². The minimum Gasteiger partial charge on any atom is -0.292 e. The summed E-state index contributed by atoms with van der Waals surface area (Å²) in [6, 6.07) is 27.1. The molecule has 5 aromatic heterocycles. The van der Waals surface area contributed by atoms with Crippen molar-refractivity contribution in [3.63, 3.8) is 0 Å². The van der Waals surface area contributed by atoms with Gasteiger partial charge in [0.2, 0.25) is 0 Å². The predicted molar refractivity (Wildman–Crippen MR) is 129 cm³/mol. The second-order valence-electron chi connectivity index (χ2n) is 7.84. The van der Waals surface area contributed by atoms with Crippen LogP contribution in [0.5, 0.6) is 0 Å². The minimum atomic E-state index is 0.858. The second kappa shape index (κ2) is 6.49. The van der Waals surface area contributed by atoms with E-state index in [-0.39, 0.29) is 0 Å². The Hall–Kier alpha value is -4.51. The molecule has 0 N–H and O–H groups in total. The zero-order chi connectivity index (χ0) is 21.1. The number of aromatic nitrogens is 5. The lowest BCUT2D eigenvalue weighted by molar-refractivity contribution is 1.01. The van der Waals surface area contributed by atoms with E-state index in [0.29, 0.717) is 0 Å². The molecule has 0 saturated carbocycles. The molecular formula is C27H17N5. The van der Waals surface area contributed by atoms with E-state index in [1.807, 2.05) is 24.8 Å². The van der Waals surface area contributed by atoms with E-state index < -0.39 is 0 Å². The van der Waals surface area contributed by atoms with Crippen LogP contribution in [0.2, 0.25) is 0 Å². The van der Waals surface area contributed by atoms with Crippen LogP contribution in [0.25, 0.3) is 55.2 Å². The van der Waals surface area contributed by atoms with Crippen molar-refractivity contribution in [2.75, 3.05) is 0 Å². The molecule has 0 radical (unpaired) electrons. The number of hydrogen-bond acceptors (Lipinski definition) is 3. The Bertz CT molecular complexity index is 1560. The molecular weight excluding hydrogens is 394 g/mol. The van der Waals surface area contributed by atoms with E-state index in [1.54, 1.807) is 0 Å². The summed E-state index contributed by atoms with van der Waals surface area (Å²) in [5.74, 6) is 1.72. The van der Waals surface area contributed by atoms with Gasteiger partial charge >= 0.3 is 0 Å². The van der Waals surface area contributed by atoms with E-state index in [0.717, 1.165) is 33.7 Å². The van der Waals surface area contributed by atoms with Crippen LogP contribution < -0.4 is 0 Å². The molecule has 0 aliphatic rings. The molecule has 0 bridgehead atoms. The zero-order valence-electron chi connectivity index (χ0n) is 17.1. The summed E-state index contributed by atoms with van der Waals surface area (Å²) in [6.45, 7) is 0. The maximum atomic E-state index is 5.13. The van der Waals surface area contributed by atoms with Gasteiger partial charge in [-0.2, -0.15) is 0 Å². The SMILES string of the molecule is c1cc(-n2c3ccccc3c3ccncc32)nc(-n2c3ccccc3c3ccncc32)c1. The molecule has 5 heteroatoms. The average Bonchev–Trinajstić information content (AvgIpc) is 3.37. The summed E-state index contributed by atoms with van der Waals surface area (Å²) in [5.41, 5.74) is 4.32. The van der Waals surface area contributed by atoms with Crippen LogP contribution in [0.4, 0.5) is 0 Å². The normalized spacial score (nSPS) is 11.8. The summed E-state index contributed by atoms with van der Waals surface area (Å²) >= 11 is 0. The zero-order valence-corrected chi connectivity index (χ0v) is 17.1. The fourth-order valence-corrected chi connectivity index (χ4v) is 4.79. The summed E-state index contributed by atoms with van der Waals surface area (Å²) in [7, 11) is 0. The molecule has 2 aromatic carbocycles. The van der Waals surface area contributed by atoms with Gasteiger partial charge < -0.3 is 0 Å². The second-order valence-corrected chi connectivity index (χ2v) is 7.84. The van der Waals surface area contributed by atoms with E-state index in [9.17, 15) is 0 Å². The predicted octanol–water partition coefficient (Wildman–Crippen LogP) is 6.07. The average molecular weight is 411 g/mol. The van der Waals surface area contributed by atoms with Crippen LogP contribution in [-0.2, 0) is 0 Å². The molecule has 0 spiro atoms. The van der Waals surface area contributed by atoms with E-state index in [4.69, 9.17) is 4.98 Å². The van der Waals surface area contributed by atoms with Crippen LogP contribution in [-0.4, -0.2) is 24.1 Å². The van der Waals surface area contributed by atoms with Gasteiger partial charge in [0.15, 0.2) is 0 Å². The van der Waals surface area contributed by atoms with Gasteiger partial charge in [-0.25, -0.2) is 4.98 Å². The molecule has 150 valence electrons. The van der Waals surface area contributed by atoms with Gasteiger partial charge in [-0.3, -0.25) is 19.1 Å². The lowest BCUT2D eigenvalue weighted by atomic mass is 10.2. The van der Waals surface area contributed by atoms with Gasteiger partial charge in [-0.05, 0) is 36.4 Å². The van der Waals surface area contributed by atoms with E-state index >= 15 is 0 Å². The van der Waals surface area contributed by atoms with Crippen LogP contribution in [0, 0.1) is 0 Å². The molecule has 5 nitrogen and oxygen atoms in total. The Morgan fingerprint density at radius 2 is 0.906 bits per heavy atom. The Morgan fingerprint density at radius 1 is 0.438 bits per heavy atom. The van der Waals surface area contributed by atoms with Crippen molar-refractivity contribution in [1.29, 1.82) is 0 Å². The first-order chi connectivity index (χ1) is 15.9. The molecule has 0 amide bonds. The Morgan fingerprint density at radius 3 is 1.44 bits per heavy atom. The third-order valence-corrected chi connectivity index (χ3v) is 6.13. The Kier molecular flexibility index (Phi) is 3.49. The maximum Gasteiger partial charge on any atom is 0.140 e. The fraction of sp³-hybridized carbons (Fsp3) is 0. The van der Waals surface area contributed by atoms with Gasteiger partial charge in [0.05, 0.1) is 34.5 Å². The molecule has 5 heterocycles. The topological polar surface area (TPSA) is 48.5 Å². The third-order valence-electron chi connectivity index (χ3n) is 6.13. The van der Waals surface area contributed by atoms with Gasteiger partial charge in [0.25, 0.3) is 0 Å². The van der Waals surface area contributed by atoms with Crippen molar-refractivity contribution in [2.24, 2.45) is 0 Å². The lowest BCUT2D eigenvalue weighted by Gasteiger charge is -2.11. The number of nitrogens with zero attached hydrogens (tertiary/aromatic N) is 5. The van der Waals surface area contributed by atoms with Crippen LogP contribution in [0.3, 0.4) is 0 Å². The van der Waals surface area contributed by atoms with Crippen LogP contribution in [0.15, 0.2) is 104 Å². The molecule has 0 unspecified atom stereocenters. The number of benzene rings is 2. The smallest absolute Gasteiger partial charge is 0.140 e. The third kappa shape index (κ3) is 2.30. The molecule has 7 aromatic rings. The Balaban J connectivity index is 1.55. The summed E-state index contributed by atoms with van der Waals surface area (Å²) < 4.78 is 4.38. The summed E-state index contributed by atoms with van der Waals surface area (Å²) in [5, 5.41) is 4.73. The summed E-state index contributed by atoms with van der Waals surface area (Å²) in [4.78, 5) is 13.9. The van der Waals surface area contributed by atoms with Gasteiger partial charge in [-0.15, -0.1) is 0 Å². The highest BCUT2D eigenvalue weighted by Gasteiger charge is 2.16. The van der Waals surface area contributed by atoms with E-state index in [2.05, 4.69) is 98.0 Å². The van der Waals surface area contributed by atoms with Gasteiger partial charge in [0, 0.05) is 33.9 Å². The molecule has 0 aliphatic heterocycles. The highest BCUT2D eigenvalue weighted by atomic mass is 15.1. The number of pyridine rings is 3. The molecule has 0 aliphatic carbocycles. The highest BCUT2D eigenvalue weighted by molar-refractivity contribution is 6.09. The lowest BCUT2D eigenvalue weighted by Crippen LogP contribution is -2.03. The van der Waals surface area contributed by atoms with Crippen molar-refractivity contribution < 1.29 is 0 Å². The molecule has 0 atom stereocenters. The van der Waals surface area contributed by atoms with Crippen molar-refractivity contribution in [2.45, 2.75) is 0 Å². The highest BCUT2D eigenvalue weighted by Crippen LogP contribution is 2.33. The number of rotatable bonds is 2. The van der Waals surface area contributed by atoms with Crippen molar-refractivity contribution in [3.8, 4) is 11.6 Å². The first kappa shape index (κ1) is 17.2. The standard InChI is InChI=1S/C27H17N5/c1-3-8-22-18(6-1)20-12-14-28-16-24(20)31(22)26-10-5-11-27(30-26)32-23-9-4-2-7-19(23)21-13-15-29-17-25(21)32/h1-17H.